The average molecular weight is 365 g/mol. The Morgan fingerprint density at radius 3 is 2.58 bits per heavy atom. The van der Waals surface area contributed by atoms with E-state index in [-0.39, 0.29) is 11.7 Å². The van der Waals surface area contributed by atoms with E-state index in [1.54, 1.807) is 0 Å². The first-order chi connectivity index (χ1) is 12.3. The summed E-state index contributed by atoms with van der Waals surface area (Å²) in [4.78, 5) is 12.6. The molecule has 138 valence electrons. The van der Waals surface area contributed by atoms with Gasteiger partial charge in [-0.2, -0.15) is 13.2 Å². The summed E-state index contributed by atoms with van der Waals surface area (Å²) in [6.45, 7) is 2.27. The zero-order valence-corrected chi connectivity index (χ0v) is 13.9. The summed E-state index contributed by atoms with van der Waals surface area (Å²) in [6, 6.07) is 12.5. The molecule has 0 aliphatic carbocycles. The lowest BCUT2D eigenvalue weighted by Gasteiger charge is -2.18. The van der Waals surface area contributed by atoms with Gasteiger partial charge in [-0.1, -0.05) is 30.3 Å². The van der Waals surface area contributed by atoms with Gasteiger partial charge in [0.25, 0.3) is 5.69 Å². The molecule has 0 spiro atoms. The first-order valence-corrected chi connectivity index (χ1v) is 8.21. The minimum absolute atomic E-state index is 0.0471. The molecule has 3 rings (SSSR count). The fourth-order valence-electron chi connectivity index (χ4n) is 3.14. The van der Waals surface area contributed by atoms with Gasteiger partial charge in [-0.05, 0) is 24.1 Å². The number of alkyl halides is 3. The highest BCUT2D eigenvalue weighted by atomic mass is 19.4. The number of rotatable bonds is 5. The normalized spacial score (nSPS) is 18.0. The van der Waals surface area contributed by atoms with Crippen LogP contribution in [0.1, 0.15) is 17.5 Å². The maximum absolute atomic E-state index is 12.8. The highest BCUT2D eigenvalue weighted by Gasteiger charge is 2.33. The van der Waals surface area contributed by atoms with Crippen molar-refractivity contribution in [2.75, 3.05) is 18.4 Å². The van der Waals surface area contributed by atoms with E-state index in [2.05, 4.69) is 10.2 Å². The molecule has 1 heterocycles. The molecule has 0 unspecified atom stereocenters. The number of likely N-dealkylation sites (tertiary alicyclic amines) is 1. The fraction of sp³-hybridized carbons (Fsp3) is 0.333. The van der Waals surface area contributed by atoms with Gasteiger partial charge in [0.2, 0.25) is 0 Å². The summed E-state index contributed by atoms with van der Waals surface area (Å²) in [6.07, 6.45) is -3.84. The number of hydrogen-bond donors (Lipinski definition) is 1. The molecule has 1 N–H and O–H groups in total. The van der Waals surface area contributed by atoms with Crippen LogP contribution >= 0.6 is 0 Å². The minimum Gasteiger partial charge on any atom is -0.375 e. The maximum Gasteiger partial charge on any atom is 0.416 e. The molecule has 8 heteroatoms. The summed E-state index contributed by atoms with van der Waals surface area (Å²) in [5.41, 5.74) is -0.281. The molecule has 1 aliphatic heterocycles. The van der Waals surface area contributed by atoms with E-state index in [0.29, 0.717) is 12.6 Å². The number of nitro groups is 1. The summed E-state index contributed by atoms with van der Waals surface area (Å²) >= 11 is 0. The van der Waals surface area contributed by atoms with Crippen molar-refractivity contribution in [1.29, 1.82) is 0 Å². The van der Waals surface area contributed by atoms with Crippen LogP contribution in [0, 0.1) is 10.1 Å². The van der Waals surface area contributed by atoms with Gasteiger partial charge in [0.05, 0.1) is 10.5 Å². The smallest absolute Gasteiger partial charge is 0.375 e. The largest absolute Gasteiger partial charge is 0.416 e. The first kappa shape index (κ1) is 18.2. The summed E-state index contributed by atoms with van der Waals surface area (Å²) in [5, 5.41) is 14.2. The lowest BCUT2D eigenvalue weighted by Crippen LogP contribution is -2.26. The Morgan fingerprint density at radius 2 is 1.92 bits per heavy atom. The van der Waals surface area contributed by atoms with E-state index >= 15 is 0 Å². The van der Waals surface area contributed by atoms with Crippen LogP contribution in [0.4, 0.5) is 24.5 Å². The number of hydrogen-bond acceptors (Lipinski definition) is 4. The number of nitrogens with zero attached hydrogens (tertiary/aromatic N) is 2. The van der Waals surface area contributed by atoms with Crippen LogP contribution in [0.5, 0.6) is 0 Å². The van der Waals surface area contributed by atoms with Gasteiger partial charge >= 0.3 is 6.18 Å². The van der Waals surface area contributed by atoms with Gasteiger partial charge in [-0.15, -0.1) is 0 Å². The van der Waals surface area contributed by atoms with Gasteiger partial charge < -0.3 is 5.32 Å². The van der Waals surface area contributed by atoms with Gasteiger partial charge in [0.15, 0.2) is 0 Å². The van der Waals surface area contributed by atoms with Crippen LogP contribution in [-0.2, 0) is 12.7 Å². The Balaban J connectivity index is 1.68. The van der Waals surface area contributed by atoms with Gasteiger partial charge in [-0.3, -0.25) is 15.0 Å². The Kier molecular flexibility index (Phi) is 5.13. The molecule has 1 fully saturated rings. The molecular weight excluding hydrogens is 347 g/mol. The molecule has 5 nitrogen and oxygen atoms in total. The highest BCUT2D eigenvalue weighted by molar-refractivity contribution is 5.63. The first-order valence-electron chi connectivity index (χ1n) is 8.21. The average Bonchev–Trinajstić information content (AvgIpc) is 3.02. The molecule has 0 radical (unpaired) electrons. The van der Waals surface area contributed by atoms with E-state index in [1.807, 2.05) is 30.3 Å². The van der Waals surface area contributed by atoms with Crippen molar-refractivity contribution in [2.45, 2.75) is 25.2 Å². The molecule has 0 aromatic heterocycles. The maximum atomic E-state index is 12.8. The van der Waals surface area contributed by atoms with Gasteiger partial charge in [-0.25, -0.2) is 0 Å². The second-order valence-electron chi connectivity index (χ2n) is 6.34. The molecule has 26 heavy (non-hydrogen) atoms. The van der Waals surface area contributed by atoms with Crippen molar-refractivity contribution < 1.29 is 18.1 Å². The summed E-state index contributed by atoms with van der Waals surface area (Å²) < 4.78 is 38.3. The van der Waals surface area contributed by atoms with E-state index in [1.165, 1.54) is 5.56 Å². The van der Waals surface area contributed by atoms with Crippen LogP contribution < -0.4 is 5.32 Å². The summed E-state index contributed by atoms with van der Waals surface area (Å²) in [5.74, 6) is 0. The van der Waals surface area contributed by atoms with E-state index in [9.17, 15) is 23.3 Å². The van der Waals surface area contributed by atoms with Crippen molar-refractivity contribution in [1.82, 2.24) is 4.90 Å². The highest BCUT2D eigenvalue weighted by Crippen LogP contribution is 2.35. The van der Waals surface area contributed by atoms with E-state index in [0.717, 1.165) is 31.6 Å². The monoisotopic (exact) mass is 365 g/mol. The molecular formula is C18H18F3N3O2. The number of nitro benzene ring substituents is 1. The predicted molar refractivity (Wildman–Crippen MR) is 91.8 cm³/mol. The van der Waals surface area contributed by atoms with Crippen LogP contribution in [0.15, 0.2) is 48.5 Å². The van der Waals surface area contributed by atoms with Crippen LogP contribution in [0.25, 0.3) is 0 Å². The van der Waals surface area contributed by atoms with Crippen LogP contribution in [-0.4, -0.2) is 29.0 Å². The lowest BCUT2D eigenvalue weighted by molar-refractivity contribution is -0.384. The third kappa shape index (κ3) is 4.32. The zero-order chi connectivity index (χ0) is 18.7. The van der Waals surface area contributed by atoms with Crippen molar-refractivity contribution in [2.24, 2.45) is 0 Å². The number of nitrogens with one attached hydrogen (secondary N) is 1. The number of anilines is 1. The third-order valence-electron chi connectivity index (χ3n) is 4.40. The molecule has 0 bridgehead atoms. The molecule has 0 saturated carbocycles. The van der Waals surface area contributed by atoms with Gasteiger partial charge in [0, 0.05) is 31.7 Å². The Labute approximate surface area is 148 Å². The minimum atomic E-state index is -4.61. The molecule has 2 aromatic rings. The molecule has 1 saturated heterocycles. The Hall–Kier alpha value is -2.61. The topological polar surface area (TPSA) is 58.4 Å². The van der Waals surface area contributed by atoms with Crippen LogP contribution in [0.3, 0.4) is 0 Å². The van der Waals surface area contributed by atoms with Crippen LogP contribution in [0.2, 0.25) is 0 Å². The van der Waals surface area contributed by atoms with Crippen molar-refractivity contribution in [3.8, 4) is 0 Å². The second kappa shape index (κ2) is 7.33. The Bertz CT molecular complexity index is 781. The molecule has 1 atom stereocenters. The van der Waals surface area contributed by atoms with E-state index < -0.39 is 22.4 Å². The van der Waals surface area contributed by atoms with Gasteiger partial charge in [0.1, 0.15) is 5.69 Å². The number of benzene rings is 2. The standard InChI is InChI=1S/C18H18F3N3O2/c19-18(20,21)14-6-7-16(17(10-14)24(25)26)22-15-8-9-23(12-15)11-13-4-2-1-3-5-13/h1-7,10,15,22H,8-9,11-12H2/t15-/m1/s1. The number of halogens is 3. The lowest BCUT2D eigenvalue weighted by atomic mass is 10.1. The third-order valence-corrected chi connectivity index (χ3v) is 4.40. The fourth-order valence-corrected chi connectivity index (χ4v) is 3.14. The molecule has 2 aromatic carbocycles. The SMILES string of the molecule is O=[N+]([O-])c1cc(C(F)(F)F)ccc1N[C@@H]1CCN(Cc2ccccc2)C1. The molecule has 0 amide bonds. The molecule has 1 aliphatic rings. The predicted octanol–water partition coefficient (Wildman–Crippen LogP) is 4.30. The second-order valence-corrected chi connectivity index (χ2v) is 6.34. The van der Waals surface area contributed by atoms with Crippen molar-refractivity contribution >= 4 is 11.4 Å². The van der Waals surface area contributed by atoms with Crippen molar-refractivity contribution in [3.63, 3.8) is 0 Å². The summed E-state index contributed by atoms with van der Waals surface area (Å²) in [7, 11) is 0. The van der Waals surface area contributed by atoms with E-state index in [4.69, 9.17) is 0 Å². The quantitative estimate of drug-likeness (QED) is 0.634. The zero-order valence-electron chi connectivity index (χ0n) is 13.9. The Morgan fingerprint density at radius 1 is 1.19 bits per heavy atom. The van der Waals surface area contributed by atoms with Crippen molar-refractivity contribution in [3.05, 3.63) is 69.8 Å².